The number of fused-ring (bicyclic) bond motifs is 1. The minimum atomic E-state index is -0.686. The van der Waals surface area contributed by atoms with Crippen LogP contribution in [0.2, 0.25) is 0 Å². The normalized spacial score (nSPS) is 13.7. The summed E-state index contributed by atoms with van der Waals surface area (Å²) in [4.78, 5) is 37.2. The van der Waals surface area contributed by atoms with Crippen molar-refractivity contribution in [1.29, 1.82) is 0 Å². The molecule has 1 aliphatic rings. The van der Waals surface area contributed by atoms with Crippen molar-refractivity contribution in [2.75, 3.05) is 5.73 Å². The van der Waals surface area contributed by atoms with Crippen LogP contribution in [0.15, 0.2) is 54.6 Å². The van der Waals surface area contributed by atoms with E-state index in [2.05, 4.69) is 0 Å². The lowest BCUT2D eigenvalue weighted by Crippen LogP contribution is -2.34. The minimum absolute atomic E-state index is 0.0916. The Hall–Kier alpha value is -3.21. The van der Waals surface area contributed by atoms with Gasteiger partial charge in [0.15, 0.2) is 0 Å². The van der Waals surface area contributed by atoms with Crippen LogP contribution in [0.25, 0.3) is 6.08 Å². The molecule has 3 amide bonds. The molecule has 0 bridgehead atoms. The monoisotopic (exact) mass is 292 g/mol. The quantitative estimate of drug-likeness (QED) is 0.522. The van der Waals surface area contributed by atoms with Crippen molar-refractivity contribution in [2.45, 2.75) is 0 Å². The number of anilines is 1. The first kappa shape index (κ1) is 13.8. The Kier molecular flexibility index (Phi) is 3.31. The molecular weight excluding hydrogens is 280 g/mol. The van der Waals surface area contributed by atoms with Crippen LogP contribution in [-0.2, 0) is 4.79 Å². The van der Waals surface area contributed by atoms with Crippen molar-refractivity contribution in [3.8, 4) is 0 Å². The van der Waals surface area contributed by atoms with Crippen LogP contribution < -0.4 is 5.73 Å². The van der Waals surface area contributed by atoms with E-state index < -0.39 is 17.7 Å². The fourth-order valence-electron chi connectivity index (χ4n) is 2.32. The van der Waals surface area contributed by atoms with E-state index in [1.807, 2.05) is 30.3 Å². The molecule has 5 nitrogen and oxygen atoms in total. The Morgan fingerprint density at radius 1 is 0.955 bits per heavy atom. The first-order valence-corrected chi connectivity index (χ1v) is 6.64. The highest BCUT2D eigenvalue weighted by atomic mass is 16.2. The fraction of sp³-hybridized carbons (Fsp3) is 0. The van der Waals surface area contributed by atoms with Crippen LogP contribution in [0.3, 0.4) is 0 Å². The van der Waals surface area contributed by atoms with E-state index in [1.165, 1.54) is 18.2 Å². The van der Waals surface area contributed by atoms with Crippen molar-refractivity contribution in [3.05, 3.63) is 71.3 Å². The second-order valence-corrected chi connectivity index (χ2v) is 4.80. The zero-order chi connectivity index (χ0) is 15.7. The fourth-order valence-corrected chi connectivity index (χ4v) is 2.32. The molecule has 108 valence electrons. The first-order chi connectivity index (χ1) is 10.6. The number of nitrogens with zero attached hydrogens (tertiary/aromatic N) is 1. The van der Waals surface area contributed by atoms with Crippen LogP contribution in [0, 0.1) is 0 Å². The molecule has 2 N–H and O–H groups in total. The van der Waals surface area contributed by atoms with Crippen LogP contribution in [-0.4, -0.2) is 22.6 Å². The topological polar surface area (TPSA) is 80.5 Å². The molecule has 0 fully saturated rings. The lowest BCUT2D eigenvalue weighted by atomic mass is 10.1. The number of carbonyl (C=O) groups excluding carboxylic acids is 3. The zero-order valence-electron chi connectivity index (χ0n) is 11.5. The van der Waals surface area contributed by atoms with Crippen LogP contribution in [0.5, 0.6) is 0 Å². The number of imide groups is 3. The number of rotatable bonds is 2. The predicted molar refractivity (Wildman–Crippen MR) is 81.8 cm³/mol. The summed E-state index contributed by atoms with van der Waals surface area (Å²) in [7, 11) is 0. The number of benzene rings is 2. The largest absolute Gasteiger partial charge is 0.398 e. The summed E-state index contributed by atoms with van der Waals surface area (Å²) in [6, 6.07) is 13.7. The van der Waals surface area contributed by atoms with Gasteiger partial charge in [-0.3, -0.25) is 14.4 Å². The summed E-state index contributed by atoms with van der Waals surface area (Å²) >= 11 is 0. The van der Waals surface area contributed by atoms with Crippen molar-refractivity contribution < 1.29 is 14.4 Å². The predicted octanol–water partition coefficient (Wildman–Crippen LogP) is 2.10. The maximum absolute atomic E-state index is 12.3. The maximum atomic E-state index is 12.3. The van der Waals surface area contributed by atoms with E-state index in [0.29, 0.717) is 4.90 Å². The lowest BCUT2D eigenvalue weighted by Gasteiger charge is -2.08. The Morgan fingerprint density at radius 2 is 1.68 bits per heavy atom. The third-order valence-electron chi connectivity index (χ3n) is 3.39. The van der Waals surface area contributed by atoms with E-state index in [-0.39, 0.29) is 16.8 Å². The standard InChI is InChI=1S/C17H12N2O3/c18-13-8-4-7-12-15(13)17(22)19(16(12)21)14(20)10-9-11-5-2-1-3-6-11/h1-10H,18H2/b10-9+. The van der Waals surface area contributed by atoms with Gasteiger partial charge in [0.25, 0.3) is 17.7 Å². The first-order valence-electron chi connectivity index (χ1n) is 6.64. The SMILES string of the molecule is Nc1cccc2c1C(=O)N(C(=O)/C=C/c1ccccc1)C2=O. The third-order valence-corrected chi connectivity index (χ3v) is 3.39. The number of nitrogens with two attached hydrogens (primary N) is 1. The summed E-state index contributed by atoms with van der Waals surface area (Å²) in [5.41, 5.74) is 6.96. The molecular formula is C17H12N2O3. The molecule has 0 saturated carbocycles. The molecule has 1 heterocycles. The Labute approximate surface area is 126 Å². The minimum Gasteiger partial charge on any atom is -0.398 e. The average molecular weight is 292 g/mol. The molecule has 3 rings (SSSR count). The second kappa shape index (κ2) is 5.29. The molecule has 0 saturated heterocycles. The van der Waals surface area contributed by atoms with Gasteiger partial charge >= 0.3 is 0 Å². The van der Waals surface area contributed by atoms with Gasteiger partial charge in [-0.15, -0.1) is 0 Å². The van der Waals surface area contributed by atoms with Gasteiger partial charge in [-0.05, 0) is 23.8 Å². The molecule has 0 aliphatic carbocycles. The highest BCUT2D eigenvalue weighted by Gasteiger charge is 2.40. The molecule has 0 atom stereocenters. The van der Waals surface area contributed by atoms with Crippen LogP contribution in [0.4, 0.5) is 5.69 Å². The number of nitrogen functional groups attached to an aromatic ring is 1. The summed E-state index contributed by atoms with van der Waals surface area (Å²) < 4.78 is 0. The number of amides is 3. The summed E-state index contributed by atoms with van der Waals surface area (Å²) in [5, 5.41) is 0. The van der Waals surface area contributed by atoms with Gasteiger partial charge in [-0.25, -0.2) is 4.90 Å². The smallest absolute Gasteiger partial charge is 0.270 e. The van der Waals surface area contributed by atoms with Crippen molar-refractivity contribution in [2.24, 2.45) is 0 Å². The van der Waals surface area contributed by atoms with Crippen molar-refractivity contribution in [3.63, 3.8) is 0 Å². The second-order valence-electron chi connectivity index (χ2n) is 4.80. The van der Waals surface area contributed by atoms with Gasteiger partial charge in [-0.1, -0.05) is 36.4 Å². The van der Waals surface area contributed by atoms with Gasteiger partial charge in [-0.2, -0.15) is 0 Å². The molecule has 5 heteroatoms. The van der Waals surface area contributed by atoms with E-state index >= 15 is 0 Å². The molecule has 0 unspecified atom stereocenters. The molecule has 0 radical (unpaired) electrons. The molecule has 0 aromatic heterocycles. The van der Waals surface area contributed by atoms with E-state index in [4.69, 9.17) is 5.73 Å². The van der Waals surface area contributed by atoms with Gasteiger partial charge in [0.1, 0.15) is 0 Å². The van der Waals surface area contributed by atoms with Crippen molar-refractivity contribution >= 4 is 29.5 Å². The van der Waals surface area contributed by atoms with Gasteiger partial charge < -0.3 is 5.73 Å². The molecule has 22 heavy (non-hydrogen) atoms. The lowest BCUT2D eigenvalue weighted by molar-refractivity contribution is -0.121. The van der Waals surface area contributed by atoms with Gasteiger partial charge in [0, 0.05) is 11.8 Å². The molecule has 2 aromatic carbocycles. The maximum Gasteiger partial charge on any atom is 0.270 e. The van der Waals surface area contributed by atoms with E-state index in [0.717, 1.165) is 5.56 Å². The number of hydrogen-bond donors (Lipinski definition) is 1. The van der Waals surface area contributed by atoms with Crippen LogP contribution in [0.1, 0.15) is 26.3 Å². The van der Waals surface area contributed by atoms with Crippen LogP contribution >= 0.6 is 0 Å². The molecule has 1 aliphatic heterocycles. The molecule has 0 spiro atoms. The Bertz CT molecular complexity index is 810. The number of hydrogen-bond acceptors (Lipinski definition) is 4. The van der Waals surface area contributed by atoms with E-state index in [1.54, 1.807) is 12.1 Å². The highest BCUT2D eigenvalue weighted by Crippen LogP contribution is 2.27. The summed E-state index contributed by atoms with van der Waals surface area (Å²) in [6.07, 6.45) is 2.75. The van der Waals surface area contributed by atoms with Gasteiger partial charge in [0.05, 0.1) is 11.1 Å². The number of carbonyl (C=O) groups is 3. The summed E-state index contributed by atoms with van der Waals surface area (Å²) in [6.45, 7) is 0. The summed E-state index contributed by atoms with van der Waals surface area (Å²) in [5.74, 6) is -2.01. The average Bonchev–Trinajstić information content (AvgIpc) is 2.79. The van der Waals surface area contributed by atoms with Gasteiger partial charge in [0.2, 0.25) is 0 Å². The van der Waals surface area contributed by atoms with E-state index in [9.17, 15) is 14.4 Å². The van der Waals surface area contributed by atoms with Crippen molar-refractivity contribution in [1.82, 2.24) is 4.90 Å². The Balaban J connectivity index is 1.89. The third kappa shape index (κ3) is 2.18. The zero-order valence-corrected chi connectivity index (χ0v) is 11.5. The Morgan fingerprint density at radius 3 is 2.36 bits per heavy atom. The molecule has 2 aromatic rings. The highest BCUT2D eigenvalue weighted by molar-refractivity contribution is 6.32.